The van der Waals surface area contributed by atoms with Gasteiger partial charge in [0.25, 0.3) is 0 Å². The number of aliphatic hydroxyl groups is 1. The molecule has 54 heavy (non-hydrogen) atoms. The molecule has 10 atom stereocenters. The lowest BCUT2D eigenvalue weighted by Crippen LogP contribution is -2.72. The molecule has 4 bridgehead atoms. The van der Waals surface area contributed by atoms with Gasteiger partial charge in [-0.05, 0) is 117 Å². The molecule has 0 spiro atoms. The topological polar surface area (TPSA) is 91.7 Å². The number of likely N-dealkylation sites (N-methyl/N-ethyl adjacent to an activating group) is 1. The van der Waals surface area contributed by atoms with E-state index in [0.717, 1.165) is 100 Å². The Bertz CT molecular complexity index is 1760. The fourth-order valence-electron chi connectivity index (χ4n) is 13.6. The van der Waals surface area contributed by atoms with Crippen LogP contribution in [-0.2, 0) is 35.6 Å². The number of pyridine rings is 3. The average molecular weight is 734 g/mol. The largest absolute Gasteiger partial charge is 0.396 e. The van der Waals surface area contributed by atoms with E-state index in [1.54, 1.807) is 0 Å². The first kappa shape index (κ1) is 37.9. The second kappa shape index (κ2) is 14.8. The lowest BCUT2D eigenvalue weighted by molar-refractivity contribution is -0.269. The number of nitrogens with zero attached hydrogens (tertiary/aromatic N) is 5. The third-order valence-corrected chi connectivity index (χ3v) is 15.9. The van der Waals surface area contributed by atoms with Gasteiger partial charge >= 0.3 is 0 Å². The standard InChI is InChI=1S/C46H63N5O3/c1-32(2)41-24-44(23-39-33(3)15-17-40(39)45(30-52)29-43(44,4)46(41,45)31-53)42-18-16-38(54-42)28-51(26-35-12-7-9-21-48-35)27-37-14-10-13-36(49-37)25-50(5)22-19-34-11-6-8-20-47-34/h6-14,20-21,30,32-33,38-42,53H,15-19,22-29,31H2,1-5H3/t33-,38?,39-,40-,41?,42?,43?,44?,45?,46?/m1/s1. The molecular weight excluding hydrogens is 671 g/mol. The number of hydrogen-bond donors (Lipinski definition) is 1. The van der Waals surface area contributed by atoms with Crippen molar-refractivity contribution in [1.29, 1.82) is 0 Å². The number of aromatic nitrogens is 3. The van der Waals surface area contributed by atoms with Crippen molar-refractivity contribution in [2.24, 2.45) is 51.2 Å². The van der Waals surface area contributed by atoms with Crippen LogP contribution in [0.25, 0.3) is 0 Å². The maximum absolute atomic E-state index is 13.5. The van der Waals surface area contributed by atoms with Gasteiger partial charge in [0, 0.05) is 73.5 Å². The molecule has 0 radical (unpaired) electrons. The summed E-state index contributed by atoms with van der Waals surface area (Å²) in [4.78, 5) is 32.6. The Balaban J connectivity index is 1.01. The van der Waals surface area contributed by atoms with Gasteiger partial charge in [0.15, 0.2) is 0 Å². The van der Waals surface area contributed by atoms with Gasteiger partial charge in [-0.2, -0.15) is 0 Å². The first-order valence-electron chi connectivity index (χ1n) is 21.0. The monoisotopic (exact) mass is 733 g/mol. The van der Waals surface area contributed by atoms with Crippen molar-refractivity contribution in [1.82, 2.24) is 24.8 Å². The Kier molecular flexibility index (Phi) is 10.4. The predicted molar refractivity (Wildman–Crippen MR) is 211 cm³/mol. The molecule has 8 nitrogen and oxygen atoms in total. The zero-order valence-electron chi connectivity index (χ0n) is 33.4. The minimum Gasteiger partial charge on any atom is -0.396 e. The summed E-state index contributed by atoms with van der Waals surface area (Å²) in [5, 5.41) is 11.6. The molecule has 6 fully saturated rings. The van der Waals surface area contributed by atoms with E-state index in [2.05, 4.69) is 85.9 Å². The Hall–Kier alpha value is -3.04. The quantitative estimate of drug-likeness (QED) is 0.162. The summed E-state index contributed by atoms with van der Waals surface area (Å²) in [5.41, 5.74) is 3.38. The van der Waals surface area contributed by atoms with E-state index in [0.29, 0.717) is 29.6 Å². The highest BCUT2D eigenvalue weighted by Gasteiger charge is 2.88. The van der Waals surface area contributed by atoms with Crippen LogP contribution < -0.4 is 0 Å². The molecule has 1 N–H and O–H groups in total. The first-order chi connectivity index (χ1) is 26.1. The highest BCUT2D eigenvalue weighted by molar-refractivity contribution is 5.68. The summed E-state index contributed by atoms with van der Waals surface area (Å²) in [6.07, 6.45) is 13.8. The zero-order chi connectivity index (χ0) is 37.7. The zero-order valence-corrected chi connectivity index (χ0v) is 33.4. The van der Waals surface area contributed by atoms with Gasteiger partial charge in [-0.3, -0.25) is 19.9 Å². The average Bonchev–Trinajstić information content (AvgIpc) is 3.80. The predicted octanol–water partition coefficient (Wildman–Crippen LogP) is 7.40. The van der Waals surface area contributed by atoms with Gasteiger partial charge in [-0.1, -0.05) is 52.3 Å². The summed E-state index contributed by atoms with van der Waals surface area (Å²) in [5.74, 6) is 2.23. The molecule has 7 unspecified atom stereocenters. The molecular formula is C46H63N5O3. The summed E-state index contributed by atoms with van der Waals surface area (Å²) >= 11 is 0. The summed E-state index contributed by atoms with van der Waals surface area (Å²) < 4.78 is 7.39. The summed E-state index contributed by atoms with van der Waals surface area (Å²) in [6, 6.07) is 18.7. The van der Waals surface area contributed by atoms with Crippen LogP contribution in [0.2, 0.25) is 0 Å². The van der Waals surface area contributed by atoms with E-state index in [9.17, 15) is 9.90 Å². The Morgan fingerprint density at radius 3 is 2.30 bits per heavy atom. The summed E-state index contributed by atoms with van der Waals surface area (Å²) in [7, 11) is 2.15. The molecule has 8 heteroatoms. The number of carbonyl (C=O) groups is 1. The number of ether oxygens (including phenoxy) is 1. The molecule has 290 valence electrons. The Morgan fingerprint density at radius 2 is 1.61 bits per heavy atom. The maximum Gasteiger partial charge on any atom is 0.127 e. The van der Waals surface area contributed by atoms with Crippen LogP contribution in [0.15, 0.2) is 67.0 Å². The van der Waals surface area contributed by atoms with Gasteiger partial charge in [-0.15, -0.1) is 0 Å². The normalized spacial score (nSPS) is 36.8. The van der Waals surface area contributed by atoms with Crippen molar-refractivity contribution in [3.8, 4) is 0 Å². The van der Waals surface area contributed by atoms with E-state index in [-0.39, 0.29) is 35.1 Å². The van der Waals surface area contributed by atoms with Crippen molar-refractivity contribution in [3.63, 3.8) is 0 Å². The lowest BCUT2D eigenvalue weighted by Gasteiger charge is -2.71. The van der Waals surface area contributed by atoms with E-state index in [1.165, 1.54) is 12.7 Å². The van der Waals surface area contributed by atoms with Crippen molar-refractivity contribution in [2.75, 3.05) is 26.7 Å². The third kappa shape index (κ3) is 6.00. The van der Waals surface area contributed by atoms with Gasteiger partial charge < -0.3 is 19.5 Å². The minimum atomic E-state index is -0.411. The van der Waals surface area contributed by atoms with Gasteiger partial charge in [0.2, 0.25) is 0 Å². The fourth-order valence-corrected chi connectivity index (χ4v) is 13.6. The highest BCUT2D eigenvalue weighted by atomic mass is 16.5. The van der Waals surface area contributed by atoms with Crippen LogP contribution in [0.1, 0.15) is 95.4 Å². The molecule has 0 amide bonds. The first-order valence-corrected chi connectivity index (χ1v) is 21.0. The molecule has 9 rings (SSSR count). The molecule has 1 aliphatic heterocycles. The number of hydrogen-bond acceptors (Lipinski definition) is 8. The Labute approximate surface area is 323 Å². The van der Waals surface area contributed by atoms with Crippen molar-refractivity contribution in [2.45, 2.75) is 111 Å². The van der Waals surface area contributed by atoms with Crippen LogP contribution in [0.3, 0.4) is 0 Å². The number of rotatable bonds is 15. The van der Waals surface area contributed by atoms with E-state index < -0.39 is 5.41 Å². The maximum atomic E-state index is 13.5. The second-order valence-electron chi connectivity index (χ2n) is 18.8. The van der Waals surface area contributed by atoms with E-state index in [4.69, 9.17) is 14.7 Å². The molecule has 6 aliphatic rings. The molecule has 3 aromatic rings. The fraction of sp³-hybridized carbons (Fsp3) is 0.652. The lowest BCUT2D eigenvalue weighted by atomic mass is 9.31. The molecule has 1 saturated heterocycles. The van der Waals surface area contributed by atoms with Crippen LogP contribution in [0.5, 0.6) is 0 Å². The molecule has 3 aromatic heterocycles. The number of aliphatic hydroxyl groups excluding tert-OH is 1. The molecule has 5 saturated carbocycles. The highest BCUT2D eigenvalue weighted by Crippen LogP contribution is 2.89. The van der Waals surface area contributed by atoms with Gasteiger partial charge in [0.1, 0.15) is 6.29 Å². The molecule has 4 heterocycles. The van der Waals surface area contributed by atoms with Crippen molar-refractivity contribution < 1.29 is 14.6 Å². The van der Waals surface area contributed by atoms with Crippen LogP contribution >= 0.6 is 0 Å². The molecule has 0 aromatic carbocycles. The summed E-state index contributed by atoms with van der Waals surface area (Å²) in [6.45, 7) is 13.7. The van der Waals surface area contributed by atoms with Crippen LogP contribution in [0.4, 0.5) is 0 Å². The number of carbonyl (C=O) groups excluding carboxylic acids is 1. The SMILES string of the molecule is CC(C)C1CC2(C3CCC(CN(Cc4ccccn4)Cc4cccc(CN(C)CCc5ccccn5)n4)O3)C[C@@H]3[C@H](C)CC[C@H]3C3(C=O)CC2(C)C13CO. The van der Waals surface area contributed by atoms with Crippen molar-refractivity contribution >= 4 is 6.29 Å². The van der Waals surface area contributed by atoms with Crippen molar-refractivity contribution in [3.05, 3.63) is 89.8 Å². The van der Waals surface area contributed by atoms with Crippen LogP contribution in [-0.4, -0.2) is 75.1 Å². The van der Waals surface area contributed by atoms with Gasteiger partial charge in [-0.25, -0.2) is 0 Å². The Morgan fingerprint density at radius 1 is 0.907 bits per heavy atom. The second-order valence-corrected chi connectivity index (χ2v) is 18.8. The van der Waals surface area contributed by atoms with Crippen LogP contribution in [0, 0.1) is 51.2 Å². The smallest absolute Gasteiger partial charge is 0.127 e. The van der Waals surface area contributed by atoms with Gasteiger partial charge in [0.05, 0.1) is 35.9 Å². The number of aldehydes is 1. The molecule has 5 aliphatic carbocycles. The minimum absolute atomic E-state index is 0.0335. The van der Waals surface area contributed by atoms with E-state index >= 15 is 0 Å². The third-order valence-electron chi connectivity index (χ3n) is 15.9. The van der Waals surface area contributed by atoms with E-state index in [1.807, 2.05) is 30.6 Å².